The van der Waals surface area contributed by atoms with E-state index >= 15 is 0 Å². The van der Waals surface area contributed by atoms with Crippen LogP contribution < -0.4 is 11.3 Å². The van der Waals surface area contributed by atoms with Gasteiger partial charge >= 0.3 is 0 Å². The summed E-state index contributed by atoms with van der Waals surface area (Å²) in [4.78, 5) is 12.1. The lowest BCUT2D eigenvalue weighted by Gasteiger charge is -2.03. The number of hydrogen-bond donors (Lipinski definition) is 2. The smallest absolute Gasteiger partial charge is 0.269 e. The average molecular weight is 207 g/mol. The summed E-state index contributed by atoms with van der Waals surface area (Å²) in [5, 5.41) is 8.29. The molecule has 0 aromatic carbocycles. The Morgan fingerprint density at radius 1 is 1.57 bits per heavy atom. The van der Waals surface area contributed by atoms with E-state index in [2.05, 4.69) is 10.2 Å². The maximum absolute atomic E-state index is 11.2. The maximum Gasteiger partial charge on any atom is 0.269 e. The Morgan fingerprint density at radius 2 is 2.36 bits per heavy atom. The first kappa shape index (κ1) is 8.96. The molecule has 3 N–H and O–H groups in total. The highest BCUT2D eigenvalue weighted by atomic mass is 32.1. The molecule has 0 saturated heterocycles. The molecule has 4 nitrogen and oxygen atoms in total. The highest BCUT2D eigenvalue weighted by molar-refractivity contribution is 7.13. The van der Waals surface area contributed by atoms with Crippen LogP contribution in [0.15, 0.2) is 22.3 Å². The Morgan fingerprint density at radius 3 is 3.00 bits per heavy atom. The van der Waals surface area contributed by atoms with Gasteiger partial charge in [0.2, 0.25) is 0 Å². The maximum atomic E-state index is 11.2. The Balaban J connectivity index is 2.67. The first-order valence-corrected chi connectivity index (χ1v) is 4.96. The fourth-order valence-corrected chi connectivity index (χ4v) is 1.88. The van der Waals surface area contributed by atoms with Gasteiger partial charge in [0.25, 0.3) is 5.56 Å². The van der Waals surface area contributed by atoms with E-state index in [1.54, 1.807) is 18.3 Å². The molecule has 2 aromatic rings. The molecule has 0 atom stereocenters. The minimum Gasteiger partial charge on any atom is -0.397 e. The summed E-state index contributed by atoms with van der Waals surface area (Å²) >= 11 is 1.54. The van der Waals surface area contributed by atoms with Crippen molar-refractivity contribution in [3.8, 4) is 10.6 Å². The summed E-state index contributed by atoms with van der Waals surface area (Å²) in [7, 11) is 0. The highest BCUT2D eigenvalue weighted by Crippen LogP contribution is 2.27. The van der Waals surface area contributed by atoms with Gasteiger partial charge in [-0.05, 0) is 18.4 Å². The van der Waals surface area contributed by atoms with Crippen molar-refractivity contribution in [2.75, 3.05) is 5.73 Å². The van der Waals surface area contributed by atoms with Crippen molar-refractivity contribution < 1.29 is 0 Å². The van der Waals surface area contributed by atoms with Gasteiger partial charge in [-0.1, -0.05) is 6.07 Å². The van der Waals surface area contributed by atoms with Gasteiger partial charge in [-0.3, -0.25) is 4.79 Å². The number of anilines is 1. The topological polar surface area (TPSA) is 71.8 Å². The van der Waals surface area contributed by atoms with Gasteiger partial charge < -0.3 is 5.73 Å². The van der Waals surface area contributed by atoms with Crippen LogP contribution in [-0.2, 0) is 0 Å². The van der Waals surface area contributed by atoms with E-state index in [-0.39, 0.29) is 5.56 Å². The summed E-state index contributed by atoms with van der Waals surface area (Å²) in [6.07, 6.45) is 0. The monoisotopic (exact) mass is 207 g/mol. The summed E-state index contributed by atoms with van der Waals surface area (Å²) in [6.45, 7) is 1.69. The number of nitrogen functional groups attached to an aromatic ring is 1. The molecule has 2 aromatic heterocycles. The number of thiophene rings is 1. The molecule has 0 fully saturated rings. The van der Waals surface area contributed by atoms with Crippen LogP contribution in [0, 0.1) is 6.92 Å². The Bertz CT molecular complexity index is 501. The third-order valence-electron chi connectivity index (χ3n) is 2.02. The van der Waals surface area contributed by atoms with Crippen LogP contribution in [0.2, 0.25) is 0 Å². The number of H-pyrrole nitrogens is 1. The van der Waals surface area contributed by atoms with E-state index in [1.807, 2.05) is 17.5 Å². The van der Waals surface area contributed by atoms with Crippen LogP contribution in [0.25, 0.3) is 10.6 Å². The molecule has 0 aliphatic rings. The van der Waals surface area contributed by atoms with Gasteiger partial charge in [0.15, 0.2) is 0 Å². The van der Waals surface area contributed by atoms with Crippen molar-refractivity contribution in [3.05, 3.63) is 33.4 Å². The molecular formula is C9H9N3OS. The molecule has 0 amide bonds. The first-order valence-electron chi connectivity index (χ1n) is 4.09. The van der Waals surface area contributed by atoms with E-state index in [1.165, 1.54) is 0 Å². The van der Waals surface area contributed by atoms with E-state index in [0.717, 1.165) is 4.88 Å². The van der Waals surface area contributed by atoms with Crippen LogP contribution in [0.3, 0.4) is 0 Å². The van der Waals surface area contributed by atoms with Gasteiger partial charge in [0.05, 0.1) is 10.6 Å². The lowest BCUT2D eigenvalue weighted by atomic mass is 10.2. The zero-order valence-corrected chi connectivity index (χ0v) is 8.39. The molecule has 5 heteroatoms. The lowest BCUT2D eigenvalue weighted by Crippen LogP contribution is -2.15. The number of nitrogens with zero attached hydrogens (tertiary/aromatic N) is 1. The standard InChI is InChI=1S/C9H9N3OS/c1-5-7(10)8(11-12-9(5)13)6-3-2-4-14-6/h2-4H,1H3,(H3,10,12,13). The zero-order valence-electron chi connectivity index (χ0n) is 7.57. The summed E-state index contributed by atoms with van der Waals surface area (Å²) in [5.41, 5.74) is 7.19. The first-order chi connectivity index (χ1) is 6.70. The molecule has 0 radical (unpaired) electrons. The molecule has 0 bridgehead atoms. The minimum atomic E-state index is -0.234. The largest absolute Gasteiger partial charge is 0.397 e. The molecule has 0 unspecified atom stereocenters. The number of hydrogen-bond acceptors (Lipinski definition) is 4. The van der Waals surface area contributed by atoms with Crippen molar-refractivity contribution in [1.82, 2.24) is 10.2 Å². The summed E-state index contributed by atoms with van der Waals surface area (Å²) in [5.74, 6) is 0. The van der Waals surface area contributed by atoms with Gasteiger partial charge in [0.1, 0.15) is 5.69 Å². The van der Waals surface area contributed by atoms with Gasteiger partial charge in [-0.25, -0.2) is 5.10 Å². The van der Waals surface area contributed by atoms with E-state index in [0.29, 0.717) is 16.9 Å². The van der Waals surface area contributed by atoms with Crippen molar-refractivity contribution in [2.24, 2.45) is 0 Å². The number of nitrogens with one attached hydrogen (secondary N) is 1. The molecule has 0 aliphatic carbocycles. The number of aromatic amines is 1. The van der Waals surface area contributed by atoms with Crippen LogP contribution in [0.4, 0.5) is 5.69 Å². The molecule has 14 heavy (non-hydrogen) atoms. The fourth-order valence-electron chi connectivity index (χ4n) is 1.15. The molecule has 0 aliphatic heterocycles. The second-order valence-electron chi connectivity index (χ2n) is 2.92. The van der Waals surface area contributed by atoms with Gasteiger partial charge in [-0.2, -0.15) is 5.10 Å². The van der Waals surface area contributed by atoms with Crippen molar-refractivity contribution >= 4 is 17.0 Å². The second kappa shape index (κ2) is 3.26. The highest BCUT2D eigenvalue weighted by Gasteiger charge is 2.09. The lowest BCUT2D eigenvalue weighted by molar-refractivity contribution is 0.982. The normalized spacial score (nSPS) is 10.4. The Labute approximate surface area is 84.4 Å². The predicted molar refractivity (Wildman–Crippen MR) is 57.3 cm³/mol. The average Bonchev–Trinajstić information content (AvgIpc) is 2.67. The van der Waals surface area contributed by atoms with Crippen LogP contribution in [0.1, 0.15) is 5.56 Å². The van der Waals surface area contributed by atoms with Crippen LogP contribution in [-0.4, -0.2) is 10.2 Å². The quantitative estimate of drug-likeness (QED) is 0.742. The fraction of sp³-hybridized carbons (Fsp3) is 0.111. The van der Waals surface area contributed by atoms with Crippen molar-refractivity contribution in [2.45, 2.75) is 6.92 Å². The molecule has 0 saturated carbocycles. The summed E-state index contributed by atoms with van der Waals surface area (Å²) < 4.78 is 0. The molecule has 0 spiro atoms. The van der Waals surface area contributed by atoms with E-state index < -0.39 is 0 Å². The van der Waals surface area contributed by atoms with Crippen molar-refractivity contribution in [3.63, 3.8) is 0 Å². The van der Waals surface area contributed by atoms with Crippen LogP contribution >= 0.6 is 11.3 Å². The third-order valence-corrected chi connectivity index (χ3v) is 2.90. The number of rotatable bonds is 1. The van der Waals surface area contributed by atoms with Crippen LogP contribution in [0.5, 0.6) is 0 Å². The zero-order chi connectivity index (χ0) is 10.1. The SMILES string of the molecule is Cc1c(N)c(-c2cccs2)n[nH]c1=O. The Kier molecular flexibility index (Phi) is 2.09. The number of nitrogens with two attached hydrogens (primary N) is 1. The second-order valence-corrected chi connectivity index (χ2v) is 3.87. The third kappa shape index (κ3) is 1.31. The van der Waals surface area contributed by atoms with Crippen molar-refractivity contribution in [1.29, 1.82) is 0 Å². The van der Waals surface area contributed by atoms with E-state index in [4.69, 9.17) is 5.73 Å². The molecular weight excluding hydrogens is 198 g/mol. The molecule has 2 rings (SSSR count). The molecule has 2 heterocycles. The van der Waals surface area contributed by atoms with E-state index in [9.17, 15) is 4.79 Å². The number of aromatic nitrogens is 2. The predicted octanol–water partition coefficient (Wildman–Crippen LogP) is 1.39. The minimum absolute atomic E-state index is 0.234. The molecule has 72 valence electrons. The van der Waals surface area contributed by atoms with Gasteiger partial charge in [0, 0.05) is 5.56 Å². The Hall–Kier alpha value is -1.62. The summed E-state index contributed by atoms with van der Waals surface area (Å²) in [6, 6.07) is 3.84. The van der Waals surface area contributed by atoms with Gasteiger partial charge in [-0.15, -0.1) is 11.3 Å².